The van der Waals surface area contributed by atoms with Crippen LogP contribution in [0.25, 0.3) is 0 Å². The predicted octanol–water partition coefficient (Wildman–Crippen LogP) is 2.78. The van der Waals surface area contributed by atoms with E-state index in [1.807, 2.05) is 18.2 Å². The molecule has 0 aromatic heterocycles. The Labute approximate surface area is 144 Å². The van der Waals surface area contributed by atoms with Gasteiger partial charge in [0.2, 0.25) is 0 Å². The van der Waals surface area contributed by atoms with Crippen molar-refractivity contribution in [1.29, 1.82) is 0 Å². The molecule has 0 bridgehead atoms. The van der Waals surface area contributed by atoms with Gasteiger partial charge in [0.1, 0.15) is 23.9 Å². The molecule has 0 amide bonds. The smallest absolute Gasteiger partial charge is 0.337 e. The predicted molar refractivity (Wildman–Crippen MR) is 91.1 cm³/mol. The minimum Gasteiger partial charge on any atom is -0.508 e. The van der Waals surface area contributed by atoms with Gasteiger partial charge in [-0.05, 0) is 29.3 Å². The van der Waals surface area contributed by atoms with Crippen LogP contribution in [-0.2, 0) is 9.53 Å². The van der Waals surface area contributed by atoms with Crippen LogP contribution in [0.15, 0.2) is 47.7 Å². The average molecular weight is 339 g/mol. The molecule has 25 heavy (non-hydrogen) atoms. The van der Waals surface area contributed by atoms with Crippen LogP contribution >= 0.6 is 0 Å². The van der Waals surface area contributed by atoms with Crippen molar-refractivity contribution in [3.8, 4) is 17.2 Å². The van der Waals surface area contributed by atoms with Crippen LogP contribution in [0.4, 0.5) is 5.69 Å². The van der Waals surface area contributed by atoms with E-state index in [0.29, 0.717) is 17.1 Å². The Kier molecular flexibility index (Phi) is 3.53. The second-order valence-corrected chi connectivity index (χ2v) is 5.94. The number of hydrogen-bond donors (Lipinski definition) is 2. The summed E-state index contributed by atoms with van der Waals surface area (Å²) in [6, 6.07) is 10.6. The van der Waals surface area contributed by atoms with Gasteiger partial charge in [-0.2, -0.15) is 0 Å². The monoisotopic (exact) mass is 339 g/mol. The molecule has 2 aromatic carbocycles. The van der Waals surface area contributed by atoms with Crippen LogP contribution in [0.3, 0.4) is 0 Å². The van der Waals surface area contributed by atoms with Crippen molar-refractivity contribution in [3.63, 3.8) is 0 Å². The molecule has 6 heteroatoms. The summed E-state index contributed by atoms with van der Waals surface area (Å²) in [6.45, 7) is 0.195. The summed E-state index contributed by atoms with van der Waals surface area (Å²) in [5.74, 6) is 0.768. The second-order valence-electron chi connectivity index (χ2n) is 5.94. The quantitative estimate of drug-likeness (QED) is 0.838. The van der Waals surface area contributed by atoms with E-state index in [1.54, 1.807) is 32.4 Å². The Morgan fingerprint density at radius 2 is 1.84 bits per heavy atom. The van der Waals surface area contributed by atoms with Gasteiger partial charge in [0.25, 0.3) is 0 Å². The Balaban J connectivity index is 1.94. The Hall–Kier alpha value is -3.15. The normalized spacial score (nSPS) is 18.2. The van der Waals surface area contributed by atoms with Crippen LogP contribution < -0.4 is 14.8 Å². The van der Waals surface area contributed by atoms with Gasteiger partial charge in [0.15, 0.2) is 0 Å². The molecule has 0 fully saturated rings. The van der Waals surface area contributed by atoms with E-state index in [0.717, 1.165) is 22.5 Å². The lowest BCUT2D eigenvalue weighted by Crippen LogP contribution is -2.19. The fourth-order valence-electron chi connectivity index (χ4n) is 3.38. The van der Waals surface area contributed by atoms with Crippen molar-refractivity contribution in [2.24, 2.45) is 0 Å². The molecule has 6 nitrogen and oxygen atoms in total. The summed E-state index contributed by atoms with van der Waals surface area (Å²) in [5.41, 5.74) is 3.79. The first-order valence-electron chi connectivity index (χ1n) is 7.83. The van der Waals surface area contributed by atoms with Gasteiger partial charge in [-0.25, -0.2) is 4.79 Å². The van der Waals surface area contributed by atoms with E-state index >= 15 is 0 Å². The summed E-state index contributed by atoms with van der Waals surface area (Å²) in [4.78, 5) is 12.3. The number of carbonyl (C=O) groups excluding carboxylic acids is 1. The van der Waals surface area contributed by atoms with Crippen LogP contribution in [0.1, 0.15) is 17.0 Å². The zero-order valence-electron chi connectivity index (χ0n) is 13.8. The number of cyclic esters (lactones) is 1. The average Bonchev–Trinajstić information content (AvgIpc) is 2.99. The number of aromatic hydroxyl groups is 1. The number of methoxy groups -OCH3 is 2. The SMILES string of the molecule is COc1cc(OC)cc(C2C3=C(COC3=O)Nc3cc(O)ccc32)c1. The summed E-state index contributed by atoms with van der Waals surface area (Å²) in [7, 11) is 3.17. The Bertz CT molecular complexity index is 880. The first-order chi connectivity index (χ1) is 12.1. The Morgan fingerprint density at radius 3 is 2.52 bits per heavy atom. The van der Waals surface area contributed by atoms with Crippen LogP contribution in [0, 0.1) is 0 Å². The number of anilines is 1. The molecule has 1 atom stereocenters. The lowest BCUT2D eigenvalue weighted by Gasteiger charge is -2.27. The zero-order chi connectivity index (χ0) is 17.6. The third-order valence-electron chi connectivity index (χ3n) is 4.52. The van der Waals surface area contributed by atoms with Gasteiger partial charge in [-0.1, -0.05) is 6.07 Å². The van der Waals surface area contributed by atoms with E-state index in [-0.39, 0.29) is 24.2 Å². The zero-order valence-corrected chi connectivity index (χ0v) is 13.8. The first kappa shape index (κ1) is 15.4. The van der Waals surface area contributed by atoms with Crippen molar-refractivity contribution >= 4 is 11.7 Å². The van der Waals surface area contributed by atoms with E-state index in [4.69, 9.17) is 14.2 Å². The van der Waals surface area contributed by atoms with Crippen LogP contribution in [-0.4, -0.2) is 31.9 Å². The second kappa shape index (κ2) is 5.73. The van der Waals surface area contributed by atoms with Gasteiger partial charge in [0, 0.05) is 23.7 Å². The molecule has 2 aromatic rings. The maximum Gasteiger partial charge on any atom is 0.337 e. The van der Waals surface area contributed by atoms with E-state index in [9.17, 15) is 9.90 Å². The number of carbonyl (C=O) groups is 1. The molecular weight excluding hydrogens is 322 g/mol. The summed E-state index contributed by atoms with van der Waals surface area (Å²) < 4.78 is 16.0. The van der Waals surface area contributed by atoms with Gasteiger partial charge in [0.05, 0.1) is 25.5 Å². The molecule has 2 aliphatic rings. The molecule has 0 radical (unpaired) electrons. The minimum atomic E-state index is -0.340. The van der Waals surface area contributed by atoms with Crippen molar-refractivity contribution < 1.29 is 24.1 Å². The molecular formula is C19H17NO5. The third kappa shape index (κ3) is 2.46. The Morgan fingerprint density at radius 1 is 1.12 bits per heavy atom. The van der Waals surface area contributed by atoms with Gasteiger partial charge >= 0.3 is 5.97 Å². The largest absolute Gasteiger partial charge is 0.508 e. The number of esters is 1. The number of phenolic OH excluding ortho intramolecular Hbond substituents is 1. The van der Waals surface area contributed by atoms with Crippen LogP contribution in [0.5, 0.6) is 17.2 Å². The number of ether oxygens (including phenoxy) is 3. The highest BCUT2D eigenvalue weighted by atomic mass is 16.5. The lowest BCUT2D eigenvalue weighted by molar-refractivity contribution is -0.136. The molecule has 2 heterocycles. The highest BCUT2D eigenvalue weighted by Crippen LogP contribution is 2.46. The molecule has 2 aliphatic heterocycles. The molecule has 4 rings (SSSR count). The highest BCUT2D eigenvalue weighted by Gasteiger charge is 2.38. The lowest BCUT2D eigenvalue weighted by atomic mass is 9.81. The highest BCUT2D eigenvalue weighted by molar-refractivity contribution is 5.97. The fraction of sp³-hybridized carbons (Fsp3) is 0.211. The number of fused-ring (bicyclic) bond motifs is 1. The molecule has 0 aliphatic carbocycles. The maximum absolute atomic E-state index is 12.3. The topological polar surface area (TPSA) is 77.0 Å². The van der Waals surface area contributed by atoms with Crippen LogP contribution in [0.2, 0.25) is 0 Å². The van der Waals surface area contributed by atoms with Gasteiger partial charge < -0.3 is 24.6 Å². The van der Waals surface area contributed by atoms with E-state index in [2.05, 4.69) is 5.32 Å². The number of rotatable bonds is 3. The minimum absolute atomic E-state index is 0.155. The standard InChI is InChI=1S/C19H17NO5/c1-23-12-5-10(6-13(8-12)24-2)17-14-4-3-11(21)7-15(14)20-16-9-25-19(22)18(16)17/h3-8,17,20-21H,9H2,1-2H3. The molecule has 0 spiro atoms. The van der Waals surface area contributed by atoms with Crippen molar-refractivity contribution in [2.45, 2.75) is 5.92 Å². The fourth-order valence-corrected chi connectivity index (χ4v) is 3.38. The number of phenols is 1. The van der Waals surface area contributed by atoms with Crippen molar-refractivity contribution in [1.82, 2.24) is 0 Å². The molecule has 128 valence electrons. The first-order valence-corrected chi connectivity index (χ1v) is 7.83. The molecule has 1 unspecified atom stereocenters. The maximum atomic E-state index is 12.3. The van der Waals surface area contributed by atoms with Crippen molar-refractivity contribution in [3.05, 3.63) is 58.8 Å². The third-order valence-corrected chi connectivity index (χ3v) is 4.52. The molecule has 2 N–H and O–H groups in total. The van der Waals surface area contributed by atoms with E-state index in [1.165, 1.54) is 0 Å². The summed E-state index contributed by atoms with van der Waals surface area (Å²) in [5, 5.41) is 13.0. The number of benzene rings is 2. The van der Waals surface area contributed by atoms with E-state index < -0.39 is 0 Å². The summed E-state index contributed by atoms with van der Waals surface area (Å²) >= 11 is 0. The molecule has 0 saturated heterocycles. The van der Waals surface area contributed by atoms with Gasteiger partial charge in [-0.15, -0.1) is 0 Å². The van der Waals surface area contributed by atoms with Gasteiger partial charge in [-0.3, -0.25) is 0 Å². The number of nitrogens with one attached hydrogen (secondary N) is 1. The summed E-state index contributed by atoms with van der Waals surface area (Å²) in [6.07, 6.45) is 0. The molecule has 0 saturated carbocycles. The number of hydrogen-bond acceptors (Lipinski definition) is 6. The van der Waals surface area contributed by atoms with Crippen molar-refractivity contribution in [2.75, 3.05) is 26.1 Å².